The standard InChI is InChI=1S/C23H25FN4O3/c24-18-6-2-1-5-17(18)9-11-25-21(29)10-12-28-20-8-4-3-7-19(20)26-22(23(28)30)27-13-15-31-16-14-27/h1-8H,9-16H2,(H,25,29). The number of nitrogens with zero attached hydrogens (tertiary/aromatic N) is 3. The maximum absolute atomic E-state index is 13.7. The second-order valence-electron chi connectivity index (χ2n) is 7.42. The molecule has 31 heavy (non-hydrogen) atoms. The summed E-state index contributed by atoms with van der Waals surface area (Å²) in [6, 6.07) is 14.0. The van der Waals surface area contributed by atoms with Crippen molar-refractivity contribution in [3.05, 3.63) is 70.3 Å². The molecule has 1 aliphatic heterocycles. The quantitative estimate of drug-likeness (QED) is 0.629. The minimum Gasteiger partial charge on any atom is -0.378 e. The fourth-order valence-corrected chi connectivity index (χ4v) is 3.72. The summed E-state index contributed by atoms with van der Waals surface area (Å²) in [5.41, 5.74) is 1.77. The summed E-state index contributed by atoms with van der Waals surface area (Å²) >= 11 is 0. The van der Waals surface area contributed by atoms with E-state index < -0.39 is 0 Å². The van der Waals surface area contributed by atoms with E-state index in [4.69, 9.17) is 4.74 Å². The van der Waals surface area contributed by atoms with Gasteiger partial charge >= 0.3 is 0 Å². The number of rotatable bonds is 7. The molecule has 1 N–H and O–H groups in total. The van der Waals surface area contributed by atoms with Gasteiger partial charge in [0.25, 0.3) is 5.56 Å². The Morgan fingerprint density at radius 1 is 1.10 bits per heavy atom. The number of halogens is 1. The molecule has 1 aromatic heterocycles. The van der Waals surface area contributed by atoms with Crippen molar-refractivity contribution in [2.45, 2.75) is 19.4 Å². The molecular weight excluding hydrogens is 399 g/mol. The molecule has 4 rings (SSSR count). The van der Waals surface area contributed by atoms with E-state index in [2.05, 4.69) is 10.3 Å². The van der Waals surface area contributed by atoms with Crippen LogP contribution >= 0.6 is 0 Å². The first-order valence-corrected chi connectivity index (χ1v) is 10.5. The predicted molar refractivity (Wildman–Crippen MR) is 117 cm³/mol. The lowest BCUT2D eigenvalue weighted by Crippen LogP contribution is -2.41. The second kappa shape index (κ2) is 9.70. The van der Waals surface area contributed by atoms with E-state index in [1.54, 1.807) is 22.8 Å². The molecule has 0 radical (unpaired) electrons. The highest BCUT2D eigenvalue weighted by molar-refractivity contribution is 5.78. The number of para-hydroxylation sites is 2. The topological polar surface area (TPSA) is 76.5 Å². The van der Waals surface area contributed by atoms with Gasteiger partial charge in [0, 0.05) is 32.6 Å². The molecule has 0 aliphatic carbocycles. The first kappa shape index (κ1) is 21.0. The highest BCUT2D eigenvalue weighted by Crippen LogP contribution is 2.16. The van der Waals surface area contributed by atoms with Gasteiger partial charge in [0.2, 0.25) is 5.91 Å². The Morgan fingerprint density at radius 3 is 2.65 bits per heavy atom. The number of hydrogen-bond donors (Lipinski definition) is 1. The lowest BCUT2D eigenvalue weighted by Gasteiger charge is -2.28. The molecule has 8 heteroatoms. The van der Waals surface area contributed by atoms with E-state index in [0.717, 1.165) is 0 Å². The van der Waals surface area contributed by atoms with Crippen molar-refractivity contribution in [2.75, 3.05) is 37.7 Å². The zero-order valence-corrected chi connectivity index (χ0v) is 17.2. The number of morpholine rings is 1. The van der Waals surface area contributed by atoms with Crippen molar-refractivity contribution in [3.63, 3.8) is 0 Å². The molecule has 2 aromatic carbocycles. The minimum absolute atomic E-state index is 0.147. The lowest BCUT2D eigenvalue weighted by molar-refractivity contribution is -0.121. The van der Waals surface area contributed by atoms with Crippen LogP contribution in [0.1, 0.15) is 12.0 Å². The van der Waals surface area contributed by atoms with Crippen LogP contribution in [0.4, 0.5) is 10.2 Å². The Kier molecular flexibility index (Phi) is 6.57. The normalized spacial score (nSPS) is 14.0. The third-order valence-corrected chi connectivity index (χ3v) is 5.38. The van der Waals surface area contributed by atoms with Gasteiger partial charge in [-0.2, -0.15) is 0 Å². The highest BCUT2D eigenvalue weighted by atomic mass is 19.1. The van der Waals surface area contributed by atoms with Crippen molar-refractivity contribution in [2.24, 2.45) is 0 Å². The van der Waals surface area contributed by atoms with Gasteiger partial charge in [0.1, 0.15) is 5.82 Å². The number of anilines is 1. The van der Waals surface area contributed by atoms with Crippen LogP contribution in [-0.2, 0) is 22.5 Å². The third-order valence-electron chi connectivity index (χ3n) is 5.38. The molecule has 0 spiro atoms. The van der Waals surface area contributed by atoms with Crippen molar-refractivity contribution in [1.82, 2.24) is 14.9 Å². The molecule has 0 atom stereocenters. The summed E-state index contributed by atoms with van der Waals surface area (Å²) in [4.78, 5) is 32.1. The van der Waals surface area contributed by atoms with E-state index in [1.165, 1.54) is 6.07 Å². The van der Waals surface area contributed by atoms with E-state index in [0.29, 0.717) is 61.7 Å². The molecule has 7 nitrogen and oxygen atoms in total. The SMILES string of the molecule is O=C(CCn1c(=O)c(N2CCOCC2)nc2ccccc21)NCCc1ccccc1F. The van der Waals surface area contributed by atoms with Gasteiger partial charge in [0.05, 0.1) is 24.2 Å². The summed E-state index contributed by atoms with van der Waals surface area (Å²) in [5, 5.41) is 2.81. The van der Waals surface area contributed by atoms with Gasteiger partial charge in [-0.15, -0.1) is 0 Å². The van der Waals surface area contributed by atoms with E-state index in [-0.39, 0.29) is 30.2 Å². The Labute approximate surface area is 179 Å². The van der Waals surface area contributed by atoms with E-state index >= 15 is 0 Å². The molecule has 3 aromatic rings. The predicted octanol–water partition coefficient (Wildman–Crippen LogP) is 2.12. The van der Waals surface area contributed by atoms with Gasteiger partial charge in [-0.05, 0) is 30.2 Å². The molecule has 2 heterocycles. The average Bonchev–Trinajstić information content (AvgIpc) is 2.80. The molecule has 1 aliphatic rings. The number of carbonyl (C=O) groups is 1. The summed E-state index contributed by atoms with van der Waals surface area (Å²) in [5.74, 6) is -0.0683. The highest BCUT2D eigenvalue weighted by Gasteiger charge is 2.19. The summed E-state index contributed by atoms with van der Waals surface area (Å²) in [7, 11) is 0. The molecule has 1 saturated heterocycles. The monoisotopic (exact) mass is 424 g/mol. The summed E-state index contributed by atoms with van der Waals surface area (Å²) in [6.45, 7) is 2.90. The molecular formula is C23H25FN4O3. The number of ether oxygens (including phenoxy) is 1. The zero-order valence-electron chi connectivity index (χ0n) is 17.2. The summed E-state index contributed by atoms with van der Waals surface area (Å²) < 4.78 is 20.7. The van der Waals surface area contributed by atoms with Crippen LogP contribution in [0.25, 0.3) is 11.0 Å². The van der Waals surface area contributed by atoms with E-state index in [9.17, 15) is 14.0 Å². The maximum Gasteiger partial charge on any atom is 0.294 e. The van der Waals surface area contributed by atoms with Crippen LogP contribution in [0, 0.1) is 5.82 Å². The number of carbonyl (C=O) groups excluding carboxylic acids is 1. The van der Waals surface area contributed by atoms with Gasteiger partial charge in [-0.1, -0.05) is 30.3 Å². The van der Waals surface area contributed by atoms with Crippen LogP contribution in [0.5, 0.6) is 0 Å². The lowest BCUT2D eigenvalue weighted by atomic mass is 10.1. The van der Waals surface area contributed by atoms with Crippen molar-refractivity contribution >= 4 is 22.8 Å². The number of aryl methyl sites for hydroxylation is 1. The molecule has 0 unspecified atom stereocenters. The fourth-order valence-electron chi connectivity index (χ4n) is 3.72. The molecule has 1 fully saturated rings. The number of benzene rings is 2. The van der Waals surface area contributed by atoms with Crippen molar-refractivity contribution in [3.8, 4) is 0 Å². The number of fused-ring (bicyclic) bond motifs is 1. The first-order chi connectivity index (χ1) is 15.1. The minimum atomic E-state index is -0.276. The number of hydrogen-bond acceptors (Lipinski definition) is 5. The van der Waals surface area contributed by atoms with Crippen LogP contribution < -0.4 is 15.8 Å². The van der Waals surface area contributed by atoms with Crippen LogP contribution in [0.3, 0.4) is 0 Å². The van der Waals surface area contributed by atoms with Crippen molar-refractivity contribution in [1.29, 1.82) is 0 Å². The second-order valence-corrected chi connectivity index (χ2v) is 7.42. The molecule has 1 amide bonds. The Balaban J connectivity index is 1.46. The zero-order chi connectivity index (χ0) is 21.6. The molecule has 0 bridgehead atoms. The van der Waals surface area contributed by atoms with Crippen LogP contribution in [-0.4, -0.2) is 48.3 Å². The van der Waals surface area contributed by atoms with Crippen molar-refractivity contribution < 1.29 is 13.9 Å². The average molecular weight is 424 g/mol. The number of aromatic nitrogens is 2. The molecule has 0 saturated carbocycles. The van der Waals surface area contributed by atoms with E-state index in [1.807, 2.05) is 29.2 Å². The largest absolute Gasteiger partial charge is 0.378 e. The Bertz CT molecular complexity index is 1130. The van der Waals surface area contributed by atoms with Gasteiger partial charge in [0.15, 0.2) is 5.82 Å². The third kappa shape index (κ3) is 4.91. The van der Waals surface area contributed by atoms with Gasteiger partial charge < -0.3 is 19.5 Å². The molecule has 162 valence electrons. The van der Waals surface area contributed by atoms with Gasteiger partial charge in [-0.3, -0.25) is 9.59 Å². The first-order valence-electron chi connectivity index (χ1n) is 10.5. The maximum atomic E-state index is 13.7. The van der Waals surface area contributed by atoms with Gasteiger partial charge in [-0.25, -0.2) is 9.37 Å². The number of nitrogens with one attached hydrogen (secondary N) is 1. The summed E-state index contributed by atoms with van der Waals surface area (Å²) in [6.07, 6.45) is 0.561. The van der Waals surface area contributed by atoms with Crippen LogP contribution in [0.2, 0.25) is 0 Å². The smallest absolute Gasteiger partial charge is 0.294 e. The van der Waals surface area contributed by atoms with Crippen LogP contribution in [0.15, 0.2) is 53.3 Å². The Morgan fingerprint density at radius 2 is 1.84 bits per heavy atom. The Hall–Kier alpha value is -3.26. The number of amides is 1. The fraction of sp³-hybridized carbons (Fsp3) is 0.348.